The van der Waals surface area contributed by atoms with Crippen molar-refractivity contribution in [2.75, 3.05) is 0 Å². The van der Waals surface area contributed by atoms with E-state index in [1.807, 2.05) is 36.4 Å². The third-order valence-electron chi connectivity index (χ3n) is 1.63. The van der Waals surface area contributed by atoms with Gasteiger partial charge in [0.2, 0.25) is 0 Å². The van der Waals surface area contributed by atoms with Gasteiger partial charge in [-0.3, -0.25) is 4.79 Å². The van der Waals surface area contributed by atoms with Crippen LogP contribution in [-0.4, -0.2) is 17.4 Å². The van der Waals surface area contributed by atoms with Crippen LogP contribution in [0.5, 0.6) is 0 Å². The van der Waals surface area contributed by atoms with Crippen LogP contribution >= 0.6 is 0 Å². The number of unbranched alkanes of at least 4 members (excludes halogenated alkanes) is 2. The molecule has 0 radical (unpaired) electrons. The van der Waals surface area contributed by atoms with Crippen LogP contribution in [-0.2, 0) is 9.59 Å². The fraction of sp³-hybridized carbons (Fsp3) is 0.333. The minimum absolute atomic E-state index is 0.174. The molecule has 0 amide bonds. The molecule has 0 heterocycles. The lowest BCUT2D eigenvalue weighted by Gasteiger charge is -1.89. The van der Waals surface area contributed by atoms with Crippen molar-refractivity contribution < 1.29 is 14.7 Å². The summed E-state index contributed by atoms with van der Waals surface area (Å²) < 4.78 is 0. The number of hydrogen-bond donors (Lipinski definition) is 1. The van der Waals surface area contributed by atoms with E-state index in [4.69, 9.17) is 5.11 Å². The van der Waals surface area contributed by atoms with Gasteiger partial charge in [-0.05, 0) is 12.8 Å². The number of carbonyl (C=O) groups is 2. The van der Waals surface area contributed by atoms with Crippen molar-refractivity contribution >= 4 is 12.3 Å². The standard InChI is InChI=1S/C6H10O3.C6H6/c7-5-3-1-2-4-6(8)9;1-2-4-6-5-3-1/h5H,1-4H2,(H,8,9);1-6H. The fourth-order valence-electron chi connectivity index (χ4n) is 0.889. The van der Waals surface area contributed by atoms with Crippen LogP contribution in [0.4, 0.5) is 0 Å². The predicted octanol–water partition coefficient (Wildman–Crippen LogP) is 2.52. The molecule has 0 aromatic heterocycles. The van der Waals surface area contributed by atoms with Crippen LogP contribution in [0.25, 0.3) is 0 Å². The lowest BCUT2D eigenvalue weighted by molar-refractivity contribution is -0.137. The highest BCUT2D eigenvalue weighted by Gasteiger charge is 1.94. The third kappa shape index (κ3) is 12.4. The van der Waals surface area contributed by atoms with Crippen molar-refractivity contribution in [1.29, 1.82) is 0 Å². The Labute approximate surface area is 89.7 Å². The van der Waals surface area contributed by atoms with Crippen molar-refractivity contribution in [3.8, 4) is 0 Å². The second kappa shape index (κ2) is 10.4. The summed E-state index contributed by atoms with van der Waals surface area (Å²) in [5, 5.41) is 8.12. The van der Waals surface area contributed by atoms with Gasteiger partial charge in [0, 0.05) is 12.8 Å². The van der Waals surface area contributed by atoms with E-state index in [0.717, 1.165) is 6.29 Å². The van der Waals surface area contributed by atoms with Gasteiger partial charge >= 0.3 is 5.97 Å². The molecule has 15 heavy (non-hydrogen) atoms. The van der Waals surface area contributed by atoms with Gasteiger partial charge in [0.25, 0.3) is 0 Å². The molecule has 0 atom stereocenters. The minimum atomic E-state index is -0.791. The molecule has 0 aliphatic carbocycles. The molecule has 0 saturated carbocycles. The van der Waals surface area contributed by atoms with Gasteiger partial charge in [0.05, 0.1) is 0 Å². The van der Waals surface area contributed by atoms with Crippen molar-refractivity contribution in [3.05, 3.63) is 36.4 Å². The van der Waals surface area contributed by atoms with Gasteiger partial charge in [0.1, 0.15) is 6.29 Å². The molecule has 82 valence electrons. The van der Waals surface area contributed by atoms with Gasteiger partial charge in [0.15, 0.2) is 0 Å². The second-order valence-corrected chi connectivity index (χ2v) is 2.96. The molecule has 0 fully saturated rings. The Morgan fingerprint density at radius 2 is 1.47 bits per heavy atom. The molecule has 1 aromatic rings. The lowest BCUT2D eigenvalue weighted by Crippen LogP contribution is -1.93. The van der Waals surface area contributed by atoms with Crippen molar-refractivity contribution in [3.63, 3.8) is 0 Å². The normalized spacial score (nSPS) is 8.53. The highest BCUT2D eigenvalue weighted by atomic mass is 16.4. The van der Waals surface area contributed by atoms with Crippen LogP contribution < -0.4 is 0 Å². The maximum Gasteiger partial charge on any atom is 0.303 e. The Morgan fingerprint density at radius 3 is 1.80 bits per heavy atom. The number of aldehydes is 1. The monoisotopic (exact) mass is 208 g/mol. The Hall–Kier alpha value is -1.64. The maximum absolute atomic E-state index is 9.87. The van der Waals surface area contributed by atoms with E-state index in [0.29, 0.717) is 19.3 Å². The SMILES string of the molecule is O=CCCCCC(=O)O.c1ccccc1. The Morgan fingerprint density at radius 1 is 1.00 bits per heavy atom. The van der Waals surface area contributed by atoms with Crippen LogP contribution in [0.3, 0.4) is 0 Å². The molecule has 0 saturated heterocycles. The lowest BCUT2D eigenvalue weighted by atomic mass is 10.2. The molecule has 0 aliphatic heterocycles. The molecular weight excluding hydrogens is 192 g/mol. The first-order valence-corrected chi connectivity index (χ1v) is 4.93. The van der Waals surface area contributed by atoms with E-state index >= 15 is 0 Å². The molecule has 1 aromatic carbocycles. The van der Waals surface area contributed by atoms with E-state index in [-0.39, 0.29) is 6.42 Å². The first kappa shape index (κ1) is 13.4. The van der Waals surface area contributed by atoms with Crippen LogP contribution in [0, 0.1) is 0 Å². The summed E-state index contributed by atoms with van der Waals surface area (Å²) in [5.74, 6) is -0.791. The molecule has 0 bridgehead atoms. The van der Waals surface area contributed by atoms with E-state index < -0.39 is 5.97 Å². The summed E-state index contributed by atoms with van der Waals surface area (Å²) >= 11 is 0. The topological polar surface area (TPSA) is 54.4 Å². The van der Waals surface area contributed by atoms with E-state index in [1.54, 1.807) is 0 Å². The number of carboxylic acids is 1. The molecule has 0 unspecified atom stereocenters. The second-order valence-electron chi connectivity index (χ2n) is 2.96. The number of hydrogen-bond acceptors (Lipinski definition) is 2. The van der Waals surface area contributed by atoms with Crippen molar-refractivity contribution in [2.24, 2.45) is 0 Å². The fourth-order valence-corrected chi connectivity index (χ4v) is 0.889. The van der Waals surface area contributed by atoms with Gasteiger partial charge in [-0.2, -0.15) is 0 Å². The van der Waals surface area contributed by atoms with E-state index in [9.17, 15) is 9.59 Å². The van der Waals surface area contributed by atoms with Gasteiger partial charge < -0.3 is 9.90 Å². The smallest absolute Gasteiger partial charge is 0.303 e. The molecule has 3 heteroatoms. The first-order valence-electron chi connectivity index (χ1n) is 4.93. The van der Waals surface area contributed by atoms with Gasteiger partial charge in [-0.15, -0.1) is 0 Å². The average molecular weight is 208 g/mol. The molecule has 1 rings (SSSR count). The average Bonchev–Trinajstić information content (AvgIpc) is 2.28. The van der Waals surface area contributed by atoms with Gasteiger partial charge in [-0.1, -0.05) is 36.4 Å². The summed E-state index contributed by atoms with van der Waals surface area (Å²) in [5.41, 5.74) is 0. The summed E-state index contributed by atoms with van der Waals surface area (Å²) in [6.07, 6.45) is 2.76. The van der Waals surface area contributed by atoms with Crippen LogP contribution in [0.2, 0.25) is 0 Å². The summed E-state index contributed by atoms with van der Waals surface area (Å²) in [6, 6.07) is 12.0. The highest BCUT2D eigenvalue weighted by molar-refractivity contribution is 5.66. The van der Waals surface area contributed by atoms with Crippen LogP contribution in [0.15, 0.2) is 36.4 Å². The summed E-state index contributed by atoms with van der Waals surface area (Å²) in [7, 11) is 0. The molecule has 1 N–H and O–H groups in total. The zero-order valence-electron chi connectivity index (χ0n) is 8.63. The zero-order chi connectivity index (χ0) is 11.4. The quantitative estimate of drug-likeness (QED) is 0.597. The maximum atomic E-state index is 9.87. The number of carbonyl (C=O) groups excluding carboxylic acids is 1. The van der Waals surface area contributed by atoms with E-state index in [1.165, 1.54) is 0 Å². The molecular formula is C12H16O3. The Kier molecular flexibility index (Phi) is 9.30. The number of aliphatic carboxylic acids is 1. The highest BCUT2D eigenvalue weighted by Crippen LogP contribution is 1.96. The van der Waals surface area contributed by atoms with Crippen molar-refractivity contribution in [2.45, 2.75) is 25.7 Å². The summed E-state index contributed by atoms with van der Waals surface area (Å²) in [6.45, 7) is 0. The van der Waals surface area contributed by atoms with Gasteiger partial charge in [-0.25, -0.2) is 0 Å². The molecule has 0 aliphatic rings. The Bertz CT molecular complexity index is 230. The third-order valence-corrected chi connectivity index (χ3v) is 1.63. The number of benzene rings is 1. The largest absolute Gasteiger partial charge is 0.481 e. The zero-order valence-corrected chi connectivity index (χ0v) is 8.63. The Balaban J connectivity index is 0.000000280. The van der Waals surface area contributed by atoms with Crippen LogP contribution in [0.1, 0.15) is 25.7 Å². The van der Waals surface area contributed by atoms with Crippen molar-refractivity contribution in [1.82, 2.24) is 0 Å². The summed E-state index contributed by atoms with van der Waals surface area (Å²) in [4.78, 5) is 19.6. The molecule has 3 nitrogen and oxygen atoms in total. The number of carboxylic acid groups (broad SMARTS) is 1. The number of rotatable bonds is 5. The minimum Gasteiger partial charge on any atom is -0.481 e. The van der Waals surface area contributed by atoms with E-state index in [2.05, 4.69) is 0 Å². The molecule has 0 spiro atoms. The predicted molar refractivity (Wildman–Crippen MR) is 58.6 cm³/mol. The first-order chi connectivity index (χ1) is 7.27.